The summed E-state index contributed by atoms with van der Waals surface area (Å²) in [5.74, 6) is 2.20. The number of rotatable bonds is 3. The molecule has 0 fully saturated rings. The summed E-state index contributed by atoms with van der Waals surface area (Å²) in [7, 11) is -3.55. The molecule has 1 N–H and O–H groups in total. The number of halogens is 1. The van der Waals surface area contributed by atoms with Crippen LogP contribution in [0.5, 0.6) is 0 Å². The summed E-state index contributed by atoms with van der Waals surface area (Å²) >= 11 is 5.82. The molecule has 1 aromatic rings. The molecule has 0 saturated heterocycles. The molecule has 0 atom stereocenters. The minimum Gasteiger partial charge on any atom is -0.207 e. The van der Waals surface area contributed by atoms with Crippen molar-refractivity contribution in [3.8, 4) is 12.3 Å². The highest BCUT2D eigenvalue weighted by Gasteiger charge is 2.16. The minimum atomic E-state index is -3.55. The monoisotopic (exact) mass is 243 g/mol. The maximum atomic E-state index is 11.7. The molecule has 0 spiro atoms. The van der Waals surface area contributed by atoms with Crippen LogP contribution in [0.4, 0.5) is 0 Å². The minimum absolute atomic E-state index is 0.0334. The van der Waals surface area contributed by atoms with E-state index in [1.54, 1.807) is 19.1 Å². The van der Waals surface area contributed by atoms with Gasteiger partial charge in [0.1, 0.15) is 0 Å². The van der Waals surface area contributed by atoms with Gasteiger partial charge in [0, 0.05) is 5.02 Å². The van der Waals surface area contributed by atoms with E-state index in [1.165, 1.54) is 6.07 Å². The second-order valence-electron chi connectivity index (χ2n) is 2.89. The third-order valence-corrected chi connectivity index (χ3v) is 3.83. The zero-order valence-corrected chi connectivity index (χ0v) is 9.69. The first-order valence-corrected chi connectivity index (χ1v) is 6.03. The van der Waals surface area contributed by atoms with Gasteiger partial charge in [-0.3, -0.25) is 0 Å². The molecule has 5 heteroatoms. The van der Waals surface area contributed by atoms with Crippen molar-refractivity contribution >= 4 is 21.6 Å². The predicted octanol–water partition coefficient (Wildman–Crippen LogP) is 1.56. The molecule has 0 amide bonds. The van der Waals surface area contributed by atoms with Crippen LogP contribution < -0.4 is 4.72 Å². The molecule has 3 nitrogen and oxygen atoms in total. The van der Waals surface area contributed by atoms with Crippen LogP contribution >= 0.6 is 11.6 Å². The van der Waals surface area contributed by atoms with Crippen molar-refractivity contribution in [1.29, 1.82) is 0 Å². The Hall–Kier alpha value is -1.02. The Kier molecular flexibility index (Phi) is 3.75. The van der Waals surface area contributed by atoms with Gasteiger partial charge in [0.15, 0.2) is 0 Å². The van der Waals surface area contributed by atoms with Gasteiger partial charge >= 0.3 is 0 Å². The van der Waals surface area contributed by atoms with Crippen molar-refractivity contribution in [3.63, 3.8) is 0 Å². The van der Waals surface area contributed by atoms with Crippen LogP contribution in [-0.4, -0.2) is 15.0 Å². The van der Waals surface area contributed by atoms with E-state index >= 15 is 0 Å². The summed E-state index contributed by atoms with van der Waals surface area (Å²) in [6.07, 6.45) is 4.98. The lowest BCUT2D eigenvalue weighted by Crippen LogP contribution is -2.24. The second kappa shape index (κ2) is 4.67. The molecule has 0 bridgehead atoms. The van der Waals surface area contributed by atoms with Crippen LogP contribution in [-0.2, 0) is 10.0 Å². The third kappa shape index (κ3) is 2.72. The van der Waals surface area contributed by atoms with E-state index in [2.05, 4.69) is 10.6 Å². The van der Waals surface area contributed by atoms with E-state index in [4.69, 9.17) is 18.0 Å². The maximum Gasteiger partial charge on any atom is 0.241 e. The van der Waals surface area contributed by atoms with Crippen LogP contribution in [0, 0.1) is 19.3 Å². The second-order valence-corrected chi connectivity index (χ2v) is 5.03. The van der Waals surface area contributed by atoms with E-state index in [-0.39, 0.29) is 11.4 Å². The Bertz CT molecular complexity index is 503. The number of terminal acetylenes is 1. The largest absolute Gasteiger partial charge is 0.241 e. The van der Waals surface area contributed by atoms with Gasteiger partial charge in [-0.2, -0.15) is 4.72 Å². The van der Waals surface area contributed by atoms with Gasteiger partial charge in [-0.1, -0.05) is 23.6 Å². The highest BCUT2D eigenvalue weighted by Crippen LogP contribution is 2.22. The van der Waals surface area contributed by atoms with E-state index in [1.807, 2.05) is 0 Å². The SMILES string of the molecule is C#CCNS(=O)(=O)c1cccc(Cl)c1C. The summed E-state index contributed by atoms with van der Waals surface area (Å²) in [5, 5.41) is 0.415. The van der Waals surface area contributed by atoms with E-state index in [9.17, 15) is 8.42 Å². The number of sulfonamides is 1. The van der Waals surface area contributed by atoms with Crippen LogP contribution in [0.2, 0.25) is 5.02 Å². The maximum absolute atomic E-state index is 11.7. The molecule has 15 heavy (non-hydrogen) atoms. The van der Waals surface area contributed by atoms with Crippen LogP contribution in [0.15, 0.2) is 23.1 Å². The lowest BCUT2D eigenvalue weighted by Gasteiger charge is -2.08. The molecule has 0 saturated carbocycles. The van der Waals surface area contributed by atoms with Crippen LogP contribution in [0.1, 0.15) is 5.56 Å². The summed E-state index contributed by atoms with van der Waals surface area (Å²) < 4.78 is 25.7. The molecule has 0 aliphatic heterocycles. The Morgan fingerprint density at radius 3 is 2.80 bits per heavy atom. The average Bonchev–Trinajstić information content (AvgIpc) is 2.19. The Morgan fingerprint density at radius 1 is 1.53 bits per heavy atom. The summed E-state index contributed by atoms with van der Waals surface area (Å²) in [5.41, 5.74) is 0.517. The molecule has 1 aromatic carbocycles. The highest BCUT2D eigenvalue weighted by atomic mass is 35.5. The highest BCUT2D eigenvalue weighted by molar-refractivity contribution is 7.89. The van der Waals surface area contributed by atoms with E-state index < -0.39 is 10.0 Å². The molecule has 0 radical (unpaired) electrons. The standard InChI is InChI=1S/C10H10ClNO2S/c1-3-7-12-15(13,14)10-6-4-5-9(11)8(10)2/h1,4-6,12H,7H2,2H3. The van der Waals surface area contributed by atoms with E-state index in [0.717, 1.165) is 0 Å². The predicted molar refractivity (Wildman–Crippen MR) is 60.2 cm³/mol. The quantitative estimate of drug-likeness (QED) is 0.819. The molecule has 0 unspecified atom stereocenters. The molecule has 80 valence electrons. The fraction of sp³-hybridized carbons (Fsp3) is 0.200. The van der Waals surface area contributed by atoms with Gasteiger partial charge in [0.2, 0.25) is 10.0 Å². The normalized spacial score (nSPS) is 11.0. The van der Waals surface area contributed by atoms with Crippen LogP contribution in [0.3, 0.4) is 0 Å². The number of hydrogen-bond donors (Lipinski definition) is 1. The topological polar surface area (TPSA) is 46.2 Å². The average molecular weight is 244 g/mol. The first kappa shape index (κ1) is 12.1. The van der Waals surface area contributed by atoms with Gasteiger partial charge < -0.3 is 0 Å². The van der Waals surface area contributed by atoms with Crippen molar-refractivity contribution in [2.45, 2.75) is 11.8 Å². The summed E-state index contributed by atoms with van der Waals surface area (Å²) in [6, 6.07) is 4.71. The first-order valence-electron chi connectivity index (χ1n) is 4.17. The lowest BCUT2D eigenvalue weighted by atomic mass is 10.2. The molecule has 0 aromatic heterocycles. The zero-order chi connectivity index (χ0) is 11.5. The summed E-state index contributed by atoms with van der Waals surface area (Å²) in [4.78, 5) is 0.158. The third-order valence-electron chi connectivity index (χ3n) is 1.87. The van der Waals surface area contributed by atoms with Crippen molar-refractivity contribution < 1.29 is 8.42 Å². The van der Waals surface area contributed by atoms with Gasteiger partial charge in [-0.15, -0.1) is 6.42 Å². The molecule has 0 aliphatic carbocycles. The van der Waals surface area contributed by atoms with E-state index in [0.29, 0.717) is 10.6 Å². The fourth-order valence-electron chi connectivity index (χ4n) is 1.09. The van der Waals surface area contributed by atoms with Gasteiger partial charge in [0.05, 0.1) is 11.4 Å². The van der Waals surface area contributed by atoms with Gasteiger partial charge in [-0.25, -0.2) is 8.42 Å². The fourth-order valence-corrected chi connectivity index (χ4v) is 2.52. The van der Waals surface area contributed by atoms with Crippen molar-refractivity contribution in [3.05, 3.63) is 28.8 Å². The molecular weight excluding hydrogens is 234 g/mol. The first-order chi connectivity index (χ1) is 6.99. The van der Waals surface area contributed by atoms with Gasteiger partial charge in [0.25, 0.3) is 0 Å². The Labute approximate surface area is 94.5 Å². The van der Waals surface area contributed by atoms with Crippen molar-refractivity contribution in [2.24, 2.45) is 0 Å². The van der Waals surface area contributed by atoms with Crippen LogP contribution in [0.25, 0.3) is 0 Å². The number of benzene rings is 1. The molecule has 0 aliphatic rings. The van der Waals surface area contributed by atoms with Crippen molar-refractivity contribution in [2.75, 3.05) is 6.54 Å². The smallest absolute Gasteiger partial charge is 0.207 e. The number of hydrogen-bond acceptors (Lipinski definition) is 2. The molecule has 1 rings (SSSR count). The molecular formula is C10H10ClNO2S. The number of nitrogens with one attached hydrogen (secondary N) is 1. The Morgan fingerprint density at radius 2 is 2.20 bits per heavy atom. The van der Waals surface area contributed by atoms with Gasteiger partial charge in [-0.05, 0) is 24.6 Å². The summed E-state index contributed by atoms with van der Waals surface area (Å²) in [6.45, 7) is 1.61. The molecule has 0 heterocycles. The lowest BCUT2D eigenvalue weighted by molar-refractivity contribution is 0.585. The van der Waals surface area contributed by atoms with Crippen molar-refractivity contribution in [1.82, 2.24) is 4.72 Å². The zero-order valence-electron chi connectivity index (χ0n) is 8.12. The Balaban J connectivity index is 3.17.